The molecule has 2 aromatic rings. The molecule has 0 saturated heterocycles. The Kier molecular flexibility index (Phi) is 7.27. The Bertz CT molecular complexity index is 640. The van der Waals surface area contributed by atoms with Gasteiger partial charge in [0.15, 0.2) is 5.16 Å². The van der Waals surface area contributed by atoms with Crippen molar-refractivity contribution < 1.29 is 9.53 Å². The molecule has 0 fully saturated rings. The van der Waals surface area contributed by atoms with Crippen LogP contribution in [-0.4, -0.2) is 40.1 Å². The first-order chi connectivity index (χ1) is 11.6. The summed E-state index contributed by atoms with van der Waals surface area (Å²) in [6.45, 7) is 5.76. The maximum absolute atomic E-state index is 12.1. The van der Waals surface area contributed by atoms with Crippen LogP contribution in [0.3, 0.4) is 0 Å². The summed E-state index contributed by atoms with van der Waals surface area (Å²) < 4.78 is 6.98. The highest BCUT2D eigenvalue weighted by atomic mass is 32.2. The first-order valence-corrected chi connectivity index (χ1v) is 8.98. The van der Waals surface area contributed by atoms with Gasteiger partial charge in [0.1, 0.15) is 6.33 Å². The molecule has 130 valence electrons. The van der Waals surface area contributed by atoms with Gasteiger partial charge >= 0.3 is 0 Å². The Hall–Kier alpha value is -1.86. The van der Waals surface area contributed by atoms with Gasteiger partial charge in [-0.05, 0) is 30.0 Å². The molecule has 0 unspecified atom stereocenters. The first kappa shape index (κ1) is 18.5. The number of aromatic nitrogens is 3. The molecule has 6 nitrogen and oxygen atoms in total. The van der Waals surface area contributed by atoms with E-state index in [0.29, 0.717) is 18.3 Å². The van der Waals surface area contributed by atoms with Crippen LogP contribution in [0.5, 0.6) is 0 Å². The summed E-state index contributed by atoms with van der Waals surface area (Å²) in [6, 6.07) is 7.95. The molecule has 0 bridgehead atoms. The molecule has 1 aromatic heterocycles. The molecule has 7 heteroatoms. The van der Waals surface area contributed by atoms with Crippen molar-refractivity contribution in [1.29, 1.82) is 0 Å². The lowest BCUT2D eigenvalue weighted by Gasteiger charge is -2.09. The Morgan fingerprint density at radius 3 is 2.75 bits per heavy atom. The van der Waals surface area contributed by atoms with Gasteiger partial charge in [0.25, 0.3) is 0 Å². The molecule has 24 heavy (non-hydrogen) atoms. The number of hydrogen-bond donors (Lipinski definition) is 1. The van der Waals surface area contributed by atoms with Gasteiger partial charge < -0.3 is 14.6 Å². The summed E-state index contributed by atoms with van der Waals surface area (Å²) in [4.78, 5) is 12.1. The van der Waals surface area contributed by atoms with E-state index in [2.05, 4.69) is 29.4 Å². The summed E-state index contributed by atoms with van der Waals surface area (Å²) in [5, 5.41) is 11.6. The number of hydrogen-bond acceptors (Lipinski definition) is 5. The summed E-state index contributed by atoms with van der Waals surface area (Å²) >= 11 is 1.38. The van der Waals surface area contributed by atoms with Gasteiger partial charge in [0, 0.05) is 25.9 Å². The maximum Gasteiger partial charge on any atom is 0.234 e. The van der Waals surface area contributed by atoms with E-state index in [1.54, 1.807) is 13.4 Å². The summed E-state index contributed by atoms with van der Waals surface area (Å²) in [5.74, 6) is 0.730. The zero-order chi connectivity index (χ0) is 17.4. The van der Waals surface area contributed by atoms with Crippen LogP contribution in [0.15, 0.2) is 35.7 Å². The van der Waals surface area contributed by atoms with Crippen molar-refractivity contribution in [2.24, 2.45) is 0 Å². The van der Waals surface area contributed by atoms with Crippen LogP contribution in [0.25, 0.3) is 0 Å². The second-order valence-corrected chi connectivity index (χ2v) is 6.71. The highest BCUT2D eigenvalue weighted by Crippen LogP contribution is 2.18. The highest BCUT2D eigenvalue weighted by molar-refractivity contribution is 7.99. The Labute approximate surface area is 147 Å². The Morgan fingerprint density at radius 2 is 2.08 bits per heavy atom. The average Bonchev–Trinajstić information content (AvgIpc) is 3.01. The number of anilines is 1. The molecule has 0 aliphatic heterocycles. The van der Waals surface area contributed by atoms with E-state index in [1.807, 2.05) is 28.8 Å². The van der Waals surface area contributed by atoms with Crippen molar-refractivity contribution in [1.82, 2.24) is 14.8 Å². The number of nitrogens with one attached hydrogen (secondary N) is 1. The highest BCUT2D eigenvalue weighted by Gasteiger charge is 2.09. The number of nitrogens with zero attached hydrogens (tertiary/aromatic N) is 3. The molecule has 1 aromatic carbocycles. The number of carbonyl (C=O) groups excluding carboxylic acids is 1. The zero-order valence-electron chi connectivity index (χ0n) is 14.4. The lowest BCUT2D eigenvalue weighted by molar-refractivity contribution is -0.113. The average molecular weight is 348 g/mol. The SMILES string of the molecule is COCCCn1cnnc1SCC(=O)Nc1ccc(C(C)C)cc1. The molecule has 0 spiro atoms. The van der Waals surface area contributed by atoms with E-state index in [1.165, 1.54) is 17.3 Å². The van der Waals surface area contributed by atoms with Gasteiger partial charge in [0.05, 0.1) is 5.75 Å². The number of aryl methyl sites for hydroxylation is 1. The van der Waals surface area contributed by atoms with E-state index < -0.39 is 0 Å². The van der Waals surface area contributed by atoms with Gasteiger partial charge in [0.2, 0.25) is 5.91 Å². The third-order valence-corrected chi connectivity index (χ3v) is 4.50. The smallest absolute Gasteiger partial charge is 0.234 e. The molecule has 0 atom stereocenters. The van der Waals surface area contributed by atoms with E-state index in [9.17, 15) is 4.79 Å². The van der Waals surface area contributed by atoms with Gasteiger partial charge in [-0.25, -0.2) is 0 Å². The van der Waals surface area contributed by atoms with Crippen LogP contribution in [-0.2, 0) is 16.1 Å². The largest absolute Gasteiger partial charge is 0.385 e. The molecule has 2 rings (SSSR count). The maximum atomic E-state index is 12.1. The Balaban J connectivity index is 1.82. The molecule has 1 heterocycles. The van der Waals surface area contributed by atoms with Crippen LogP contribution < -0.4 is 5.32 Å². The number of amides is 1. The third-order valence-electron chi connectivity index (χ3n) is 3.52. The van der Waals surface area contributed by atoms with E-state index in [0.717, 1.165) is 23.8 Å². The zero-order valence-corrected chi connectivity index (χ0v) is 15.2. The monoisotopic (exact) mass is 348 g/mol. The standard InChI is InChI=1S/C17H24N4O2S/c1-13(2)14-5-7-15(8-6-14)19-16(22)11-24-17-20-18-12-21(17)9-4-10-23-3/h5-8,12-13H,4,9-11H2,1-3H3,(H,19,22). The predicted molar refractivity (Wildman–Crippen MR) is 96.4 cm³/mol. The molecule has 0 radical (unpaired) electrons. The van der Waals surface area contributed by atoms with Crippen LogP contribution in [0.4, 0.5) is 5.69 Å². The number of carbonyl (C=O) groups is 1. The lowest BCUT2D eigenvalue weighted by Crippen LogP contribution is -2.14. The predicted octanol–water partition coefficient (Wildman–Crippen LogP) is 3.17. The van der Waals surface area contributed by atoms with Crippen molar-refractivity contribution in [3.63, 3.8) is 0 Å². The topological polar surface area (TPSA) is 69.0 Å². The number of thioether (sulfide) groups is 1. The van der Waals surface area contributed by atoms with Crippen molar-refractivity contribution >= 4 is 23.4 Å². The van der Waals surface area contributed by atoms with Gasteiger partial charge in [-0.2, -0.15) is 0 Å². The fraction of sp³-hybridized carbons (Fsp3) is 0.471. The van der Waals surface area contributed by atoms with Crippen LogP contribution in [0.2, 0.25) is 0 Å². The normalized spacial score (nSPS) is 11.0. The van der Waals surface area contributed by atoms with E-state index in [-0.39, 0.29) is 5.91 Å². The second-order valence-electron chi connectivity index (χ2n) is 5.77. The van der Waals surface area contributed by atoms with Crippen LogP contribution in [0.1, 0.15) is 31.7 Å². The van der Waals surface area contributed by atoms with Gasteiger partial charge in [-0.1, -0.05) is 37.7 Å². The fourth-order valence-electron chi connectivity index (χ4n) is 2.17. The lowest BCUT2D eigenvalue weighted by atomic mass is 10.0. The summed E-state index contributed by atoms with van der Waals surface area (Å²) in [7, 11) is 1.68. The van der Waals surface area contributed by atoms with Gasteiger partial charge in [-0.15, -0.1) is 10.2 Å². The van der Waals surface area contributed by atoms with Crippen LogP contribution in [0, 0.1) is 0 Å². The summed E-state index contributed by atoms with van der Waals surface area (Å²) in [5.41, 5.74) is 2.07. The molecule has 0 aliphatic carbocycles. The van der Waals surface area contributed by atoms with E-state index >= 15 is 0 Å². The quantitative estimate of drug-likeness (QED) is 0.557. The van der Waals surface area contributed by atoms with Crippen LogP contribution >= 0.6 is 11.8 Å². The minimum absolute atomic E-state index is 0.0521. The minimum atomic E-state index is -0.0521. The number of methoxy groups -OCH3 is 1. The number of rotatable bonds is 9. The fourth-order valence-corrected chi connectivity index (χ4v) is 2.91. The molecule has 0 saturated carbocycles. The van der Waals surface area contributed by atoms with Gasteiger partial charge in [-0.3, -0.25) is 4.79 Å². The van der Waals surface area contributed by atoms with Crippen molar-refractivity contribution in [2.75, 3.05) is 24.8 Å². The number of benzene rings is 1. The van der Waals surface area contributed by atoms with E-state index in [4.69, 9.17) is 4.74 Å². The molecular formula is C17H24N4O2S. The molecule has 1 amide bonds. The molecule has 1 N–H and O–H groups in total. The minimum Gasteiger partial charge on any atom is -0.385 e. The third kappa shape index (κ3) is 5.65. The molecular weight excluding hydrogens is 324 g/mol. The van der Waals surface area contributed by atoms with Crippen molar-refractivity contribution in [3.05, 3.63) is 36.2 Å². The summed E-state index contributed by atoms with van der Waals surface area (Å²) in [6.07, 6.45) is 2.57. The number of ether oxygens (including phenoxy) is 1. The first-order valence-electron chi connectivity index (χ1n) is 7.99. The van der Waals surface area contributed by atoms with Crippen molar-refractivity contribution in [3.8, 4) is 0 Å². The second kappa shape index (κ2) is 9.44. The Morgan fingerprint density at radius 1 is 1.33 bits per heavy atom. The van der Waals surface area contributed by atoms with Crippen molar-refractivity contribution in [2.45, 2.75) is 37.9 Å². The molecule has 0 aliphatic rings.